The van der Waals surface area contributed by atoms with Crippen LogP contribution in [0, 0.1) is 0 Å². The molecule has 2 aromatic rings. The molecule has 0 aromatic heterocycles. The predicted octanol–water partition coefficient (Wildman–Crippen LogP) is 1.33. The van der Waals surface area contributed by atoms with Crippen molar-refractivity contribution in [1.29, 1.82) is 0 Å². The first-order valence-corrected chi connectivity index (χ1v) is 10.2. The van der Waals surface area contributed by atoms with Gasteiger partial charge < -0.3 is 14.9 Å². The Kier molecular flexibility index (Phi) is 6.79. The Hall–Kier alpha value is -1.04. The molecule has 1 heterocycles. The monoisotopic (exact) mass is 378 g/mol. The third-order valence-electron chi connectivity index (χ3n) is 5.09. The Labute approximate surface area is 159 Å². The highest BCUT2D eigenvalue weighted by Gasteiger charge is 2.29. The lowest BCUT2D eigenvalue weighted by Gasteiger charge is -2.33. The molecule has 0 radical (unpaired) electrons. The Balaban J connectivity index is 1.75. The molecule has 2 aromatic carbocycles. The summed E-state index contributed by atoms with van der Waals surface area (Å²) in [4.78, 5) is 5.67. The number of quaternary nitrogens is 2. The predicted molar refractivity (Wildman–Crippen MR) is 104 cm³/mol. The summed E-state index contributed by atoms with van der Waals surface area (Å²) in [6.45, 7) is 7.99. The highest BCUT2D eigenvalue weighted by molar-refractivity contribution is 7.99. The van der Waals surface area contributed by atoms with E-state index in [2.05, 4.69) is 43.3 Å². The number of piperazine rings is 1. The van der Waals surface area contributed by atoms with E-state index in [0.717, 1.165) is 37.7 Å². The Morgan fingerprint density at radius 1 is 1.08 bits per heavy atom. The van der Waals surface area contributed by atoms with Crippen molar-refractivity contribution >= 4 is 23.4 Å². The third-order valence-corrected chi connectivity index (χ3v) is 6.42. The zero-order valence-corrected chi connectivity index (χ0v) is 16.2. The van der Waals surface area contributed by atoms with Gasteiger partial charge in [0.1, 0.15) is 38.8 Å². The summed E-state index contributed by atoms with van der Waals surface area (Å²) in [6, 6.07) is 17.2. The number of hydrogen-bond acceptors (Lipinski definition) is 2. The van der Waals surface area contributed by atoms with Gasteiger partial charge in [-0.2, -0.15) is 0 Å². The first-order chi connectivity index (χ1) is 12.2. The van der Waals surface area contributed by atoms with Crippen molar-refractivity contribution in [2.75, 3.05) is 39.3 Å². The number of nitrogens with one attached hydrogen (secondary N) is 2. The molecule has 1 saturated heterocycles. The van der Waals surface area contributed by atoms with Crippen LogP contribution in [0.15, 0.2) is 58.3 Å². The lowest BCUT2D eigenvalue weighted by molar-refractivity contribution is -1.03. The number of rotatable bonds is 6. The van der Waals surface area contributed by atoms with E-state index in [1.807, 2.05) is 23.9 Å². The first-order valence-electron chi connectivity index (χ1n) is 8.98. The van der Waals surface area contributed by atoms with Crippen molar-refractivity contribution in [2.24, 2.45) is 0 Å². The second kappa shape index (κ2) is 9.06. The van der Waals surface area contributed by atoms with Gasteiger partial charge in [-0.15, -0.1) is 0 Å². The smallest absolute Gasteiger partial charge is 0.127 e. The van der Waals surface area contributed by atoms with Gasteiger partial charge in [0.2, 0.25) is 0 Å². The van der Waals surface area contributed by atoms with E-state index in [1.165, 1.54) is 20.3 Å². The molecule has 134 valence electrons. The van der Waals surface area contributed by atoms with Crippen LogP contribution in [0.5, 0.6) is 0 Å². The number of halogens is 1. The molecule has 0 bridgehead atoms. The van der Waals surface area contributed by atoms with Crippen LogP contribution in [-0.2, 0) is 0 Å². The van der Waals surface area contributed by atoms with Gasteiger partial charge >= 0.3 is 0 Å². The molecule has 0 unspecified atom stereocenters. The standard InChI is InChI=1S/C20H25ClN2OS/c1-16(23-11-9-22(10-12-23)13-14-24)19-15-17(21)7-8-20(19)25-18-5-3-2-4-6-18/h2-8,15-16,24H,9-14H2,1H3/p+2/t16-/m1/s1. The molecule has 1 aliphatic rings. The molecule has 3 N–H and O–H groups in total. The van der Waals surface area contributed by atoms with Gasteiger partial charge in [0, 0.05) is 20.4 Å². The fourth-order valence-corrected chi connectivity index (χ4v) is 4.77. The van der Waals surface area contributed by atoms with Gasteiger partial charge in [-0.3, -0.25) is 0 Å². The molecule has 25 heavy (non-hydrogen) atoms. The molecule has 0 spiro atoms. The Bertz CT molecular complexity index is 675. The van der Waals surface area contributed by atoms with E-state index in [0.29, 0.717) is 6.04 Å². The molecule has 5 heteroatoms. The Morgan fingerprint density at radius 3 is 2.48 bits per heavy atom. The van der Waals surface area contributed by atoms with Gasteiger partial charge in [0.15, 0.2) is 0 Å². The quantitative estimate of drug-likeness (QED) is 0.708. The van der Waals surface area contributed by atoms with E-state index in [-0.39, 0.29) is 6.61 Å². The van der Waals surface area contributed by atoms with Gasteiger partial charge in [-0.25, -0.2) is 0 Å². The average Bonchev–Trinajstić information content (AvgIpc) is 2.64. The van der Waals surface area contributed by atoms with E-state index in [1.54, 1.807) is 4.90 Å². The molecular formula is C20H27ClN2OS+2. The van der Waals surface area contributed by atoms with E-state index >= 15 is 0 Å². The topological polar surface area (TPSA) is 29.1 Å². The summed E-state index contributed by atoms with van der Waals surface area (Å²) in [5, 5.41) is 9.94. The van der Waals surface area contributed by atoms with Crippen molar-refractivity contribution in [3.63, 3.8) is 0 Å². The van der Waals surface area contributed by atoms with Crippen LogP contribution in [0.25, 0.3) is 0 Å². The number of hydrogen-bond donors (Lipinski definition) is 3. The molecule has 0 amide bonds. The second-order valence-electron chi connectivity index (χ2n) is 6.70. The largest absolute Gasteiger partial charge is 0.391 e. The highest BCUT2D eigenvalue weighted by Crippen LogP contribution is 2.34. The molecule has 1 aliphatic heterocycles. The van der Waals surface area contributed by atoms with Crippen LogP contribution in [0.2, 0.25) is 5.02 Å². The van der Waals surface area contributed by atoms with Crippen molar-refractivity contribution < 1.29 is 14.9 Å². The zero-order chi connectivity index (χ0) is 17.6. The molecule has 0 saturated carbocycles. The zero-order valence-electron chi connectivity index (χ0n) is 14.7. The molecular weight excluding hydrogens is 352 g/mol. The summed E-state index contributed by atoms with van der Waals surface area (Å²) in [6.07, 6.45) is 0. The van der Waals surface area contributed by atoms with Crippen LogP contribution >= 0.6 is 23.4 Å². The summed E-state index contributed by atoms with van der Waals surface area (Å²) >= 11 is 8.13. The minimum absolute atomic E-state index is 0.284. The minimum atomic E-state index is 0.284. The first kappa shape index (κ1) is 18.7. The lowest BCUT2D eigenvalue weighted by atomic mass is 10.1. The lowest BCUT2D eigenvalue weighted by Crippen LogP contribution is -3.28. The highest BCUT2D eigenvalue weighted by atomic mass is 35.5. The number of aliphatic hydroxyl groups is 1. The maximum atomic E-state index is 9.13. The fourth-order valence-electron chi connectivity index (χ4n) is 3.55. The molecule has 0 aliphatic carbocycles. The van der Waals surface area contributed by atoms with Gasteiger partial charge in [-0.1, -0.05) is 41.6 Å². The maximum absolute atomic E-state index is 9.13. The van der Waals surface area contributed by atoms with E-state index in [9.17, 15) is 0 Å². The molecule has 3 rings (SSSR count). The molecule has 3 nitrogen and oxygen atoms in total. The van der Waals surface area contributed by atoms with Crippen LogP contribution < -0.4 is 9.80 Å². The van der Waals surface area contributed by atoms with Crippen molar-refractivity contribution in [3.05, 3.63) is 59.1 Å². The van der Waals surface area contributed by atoms with Gasteiger partial charge in [0.25, 0.3) is 0 Å². The van der Waals surface area contributed by atoms with Crippen molar-refractivity contribution in [2.45, 2.75) is 22.8 Å². The van der Waals surface area contributed by atoms with Crippen molar-refractivity contribution in [3.8, 4) is 0 Å². The molecule has 1 fully saturated rings. The van der Waals surface area contributed by atoms with Crippen LogP contribution in [0.4, 0.5) is 0 Å². The normalized spacial score (nSPS) is 21.9. The van der Waals surface area contributed by atoms with E-state index < -0.39 is 0 Å². The van der Waals surface area contributed by atoms with E-state index in [4.69, 9.17) is 16.7 Å². The maximum Gasteiger partial charge on any atom is 0.127 e. The Morgan fingerprint density at radius 2 is 1.80 bits per heavy atom. The third kappa shape index (κ3) is 4.99. The average molecular weight is 379 g/mol. The number of aliphatic hydroxyl groups excluding tert-OH is 1. The second-order valence-corrected chi connectivity index (χ2v) is 8.25. The minimum Gasteiger partial charge on any atom is -0.391 e. The van der Waals surface area contributed by atoms with Gasteiger partial charge in [0.05, 0.1) is 6.61 Å². The SMILES string of the molecule is C[C@H](c1cc(Cl)ccc1Sc1ccccc1)[NH+]1CC[NH+](CCO)CC1. The van der Waals surface area contributed by atoms with Crippen LogP contribution in [-0.4, -0.2) is 44.4 Å². The summed E-state index contributed by atoms with van der Waals surface area (Å²) in [5.41, 5.74) is 1.34. The van der Waals surface area contributed by atoms with Crippen molar-refractivity contribution in [1.82, 2.24) is 0 Å². The summed E-state index contributed by atoms with van der Waals surface area (Å²) in [5.74, 6) is 0. The summed E-state index contributed by atoms with van der Waals surface area (Å²) < 4.78 is 0. The summed E-state index contributed by atoms with van der Waals surface area (Å²) in [7, 11) is 0. The van der Waals surface area contributed by atoms with Gasteiger partial charge in [-0.05, 0) is 37.3 Å². The molecule has 1 atom stereocenters. The van der Waals surface area contributed by atoms with Crippen LogP contribution in [0.3, 0.4) is 0 Å². The number of benzene rings is 2. The van der Waals surface area contributed by atoms with Crippen LogP contribution in [0.1, 0.15) is 18.5 Å². The fraction of sp³-hybridized carbons (Fsp3) is 0.400.